The van der Waals surface area contributed by atoms with Crippen molar-refractivity contribution in [2.75, 3.05) is 6.54 Å². The smallest absolute Gasteiger partial charge is 0.407 e. The summed E-state index contributed by atoms with van der Waals surface area (Å²) in [7, 11) is 0. The van der Waals surface area contributed by atoms with Gasteiger partial charge in [0.15, 0.2) is 0 Å². The summed E-state index contributed by atoms with van der Waals surface area (Å²) < 4.78 is 6.10. The summed E-state index contributed by atoms with van der Waals surface area (Å²) in [4.78, 5) is 11.5. The van der Waals surface area contributed by atoms with Crippen LogP contribution < -0.4 is 11.1 Å². The number of nitrogens with two attached hydrogens (primary N) is 1. The highest BCUT2D eigenvalue weighted by Crippen LogP contribution is 2.16. The van der Waals surface area contributed by atoms with Gasteiger partial charge >= 0.3 is 6.09 Å². The topological polar surface area (TPSA) is 64.3 Å². The Morgan fingerprint density at radius 2 is 2.17 bits per heavy atom. The van der Waals surface area contributed by atoms with E-state index < -0.39 is 11.7 Å². The number of halogens is 1. The van der Waals surface area contributed by atoms with Crippen LogP contribution in [0.2, 0.25) is 0 Å². The molecule has 0 aliphatic heterocycles. The number of alkyl carbamates (subject to hydrolysis) is 1. The molecule has 0 aliphatic carbocycles. The molecule has 1 aromatic carbocycles. The van der Waals surface area contributed by atoms with Crippen LogP contribution in [0.5, 0.6) is 0 Å². The van der Waals surface area contributed by atoms with Crippen molar-refractivity contribution in [3.63, 3.8) is 0 Å². The van der Waals surface area contributed by atoms with Crippen molar-refractivity contribution >= 4 is 22.0 Å². The number of hydrogen-bond acceptors (Lipinski definition) is 3. The van der Waals surface area contributed by atoms with Gasteiger partial charge in [0.25, 0.3) is 0 Å². The number of nitrogens with one attached hydrogen (secondary N) is 1. The summed E-state index contributed by atoms with van der Waals surface area (Å²) >= 11 is 3.38. The van der Waals surface area contributed by atoms with Crippen LogP contribution in [0.1, 0.15) is 32.4 Å². The highest BCUT2D eigenvalue weighted by Gasteiger charge is 2.16. The van der Waals surface area contributed by atoms with Crippen molar-refractivity contribution in [1.29, 1.82) is 0 Å². The normalized spacial score (nSPS) is 12.9. The number of ether oxygens (including phenoxy) is 1. The van der Waals surface area contributed by atoms with E-state index in [-0.39, 0.29) is 6.04 Å². The molecule has 18 heavy (non-hydrogen) atoms. The van der Waals surface area contributed by atoms with Gasteiger partial charge in [-0.25, -0.2) is 4.79 Å². The van der Waals surface area contributed by atoms with Gasteiger partial charge in [-0.05, 0) is 38.5 Å². The molecule has 0 fully saturated rings. The quantitative estimate of drug-likeness (QED) is 0.901. The van der Waals surface area contributed by atoms with Gasteiger partial charge in [-0.2, -0.15) is 0 Å². The first-order valence-corrected chi connectivity index (χ1v) is 6.55. The second-order valence-corrected chi connectivity index (χ2v) is 5.96. The van der Waals surface area contributed by atoms with E-state index in [4.69, 9.17) is 10.5 Å². The Kier molecular flexibility index (Phi) is 5.16. The molecule has 0 saturated heterocycles. The maximum atomic E-state index is 11.5. The number of hydrogen-bond donors (Lipinski definition) is 2. The molecule has 0 bridgehead atoms. The fraction of sp³-hybridized carbons (Fsp3) is 0.462. The van der Waals surface area contributed by atoms with Crippen molar-refractivity contribution < 1.29 is 9.53 Å². The van der Waals surface area contributed by atoms with E-state index in [1.165, 1.54) is 0 Å². The summed E-state index contributed by atoms with van der Waals surface area (Å²) in [6.45, 7) is 5.80. The van der Waals surface area contributed by atoms with Crippen LogP contribution in [0.25, 0.3) is 0 Å². The van der Waals surface area contributed by atoms with Gasteiger partial charge in [0.2, 0.25) is 0 Å². The lowest BCUT2D eigenvalue weighted by Gasteiger charge is -2.21. The molecule has 1 aromatic rings. The Labute approximate surface area is 116 Å². The molecule has 3 N–H and O–H groups in total. The largest absolute Gasteiger partial charge is 0.444 e. The molecule has 0 heterocycles. The lowest BCUT2D eigenvalue weighted by Crippen LogP contribution is -2.36. The second kappa shape index (κ2) is 6.20. The van der Waals surface area contributed by atoms with Crippen LogP contribution in [0, 0.1) is 0 Å². The SMILES string of the molecule is CC(C)(C)OC(=O)NCC(N)c1cccc(Br)c1. The predicted octanol–water partition coefficient (Wildman–Crippen LogP) is 2.97. The molecule has 1 unspecified atom stereocenters. The van der Waals surface area contributed by atoms with E-state index in [0.717, 1.165) is 10.0 Å². The molecule has 1 amide bonds. The third kappa shape index (κ3) is 5.51. The molecule has 0 saturated carbocycles. The van der Waals surface area contributed by atoms with E-state index in [0.29, 0.717) is 6.54 Å². The molecule has 0 spiro atoms. The van der Waals surface area contributed by atoms with E-state index >= 15 is 0 Å². The molecule has 1 atom stereocenters. The summed E-state index contributed by atoms with van der Waals surface area (Å²) in [5.41, 5.74) is 6.45. The molecule has 4 nitrogen and oxygen atoms in total. The Morgan fingerprint density at radius 3 is 2.72 bits per heavy atom. The minimum absolute atomic E-state index is 0.255. The number of carbonyl (C=O) groups is 1. The molecule has 0 aromatic heterocycles. The van der Waals surface area contributed by atoms with E-state index in [1.807, 2.05) is 45.0 Å². The molecular weight excluding hydrogens is 296 g/mol. The monoisotopic (exact) mass is 314 g/mol. The molecule has 1 rings (SSSR count). The number of amides is 1. The number of carbonyl (C=O) groups excluding carboxylic acids is 1. The Morgan fingerprint density at radius 1 is 1.50 bits per heavy atom. The zero-order chi connectivity index (χ0) is 13.8. The third-order valence-corrected chi connectivity index (χ3v) is 2.64. The van der Waals surface area contributed by atoms with Gasteiger partial charge in [-0.15, -0.1) is 0 Å². The molecular formula is C13H19BrN2O2. The molecule has 100 valence electrons. The van der Waals surface area contributed by atoms with Gasteiger partial charge in [-0.1, -0.05) is 28.1 Å². The Balaban J connectivity index is 2.46. The maximum Gasteiger partial charge on any atom is 0.407 e. The van der Waals surface area contributed by atoms with Crippen LogP contribution in [-0.4, -0.2) is 18.2 Å². The van der Waals surface area contributed by atoms with Crippen LogP contribution >= 0.6 is 15.9 Å². The fourth-order valence-electron chi connectivity index (χ4n) is 1.36. The predicted molar refractivity (Wildman–Crippen MR) is 75.3 cm³/mol. The first kappa shape index (κ1) is 15.0. The summed E-state index contributed by atoms with van der Waals surface area (Å²) in [6.07, 6.45) is -0.451. The number of benzene rings is 1. The van der Waals surface area contributed by atoms with Crippen molar-refractivity contribution in [3.05, 3.63) is 34.3 Å². The fourth-order valence-corrected chi connectivity index (χ4v) is 1.78. The Hall–Kier alpha value is -1.07. The number of rotatable bonds is 3. The van der Waals surface area contributed by atoms with Crippen molar-refractivity contribution in [2.24, 2.45) is 5.73 Å². The molecule has 5 heteroatoms. The van der Waals surface area contributed by atoms with E-state index in [2.05, 4.69) is 21.2 Å². The third-order valence-electron chi connectivity index (χ3n) is 2.14. The van der Waals surface area contributed by atoms with Gasteiger partial charge in [0.05, 0.1) is 0 Å². The molecule has 0 radical (unpaired) electrons. The average molecular weight is 315 g/mol. The van der Waals surface area contributed by atoms with Crippen LogP contribution in [0.3, 0.4) is 0 Å². The van der Waals surface area contributed by atoms with Gasteiger partial charge in [-0.3, -0.25) is 0 Å². The highest BCUT2D eigenvalue weighted by molar-refractivity contribution is 9.10. The summed E-state index contributed by atoms with van der Waals surface area (Å²) in [5, 5.41) is 2.66. The van der Waals surface area contributed by atoms with Crippen molar-refractivity contribution in [2.45, 2.75) is 32.4 Å². The summed E-state index contributed by atoms with van der Waals surface area (Å²) in [6, 6.07) is 7.44. The maximum absolute atomic E-state index is 11.5. The molecule has 0 aliphatic rings. The van der Waals surface area contributed by atoms with Crippen LogP contribution in [0.4, 0.5) is 4.79 Å². The zero-order valence-corrected chi connectivity index (χ0v) is 12.5. The van der Waals surface area contributed by atoms with Crippen molar-refractivity contribution in [3.8, 4) is 0 Å². The minimum atomic E-state index is -0.496. The highest BCUT2D eigenvalue weighted by atomic mass is 79.9. The first-order chi connectivity index (χ1) is 8.28. The van der Waals surface area contributed by atoms with Gasteiger partial charge < -0.3 is 15.8 Å². The van der Waals surface area contributed by atoms with E-state index in [9.17, 15) is 4.79 Å². The summed E-state index contributed by atoms with van der Waals surface area (Å²) in [5.74, 6) is 0. The minimum Gasteiger partial charge on any atom is -0.444 e. The zero-order valence-electron chi connectivity index (χ0n) is 10.9. The lowest BCUT2D eigenvalue weighted by molar-refractivity contribution is 0.0524. The van der Waals surface area contributed by atoms with Crippen LogP contribution in [0.15, 0.2) is 28.7 Å². The standard InChI is InChI=1S/C13H19BrN2O2/c1-13(2,3)18-12(17)16-8-11(15)9-5-4-6-10(14)7-9/h4-7,11H,8,15H2,1-3H3,(H,16,17). The first-order valence-electron chi connectivity index (χ1n) is 5.76. The average Bonchev–Trinajstić information content (AvgIpc) is 2.23. The van der Waals surface area contributed by atoms with Crippen molar-refractivity contribution in [1.82, 2.24) is 5.32 Å². The van der Waals surface area contributed by atoms with E-state index in [1.54, 1.807) is 0 Å². The van der Waals surface area contributed by atoms with Gasteiger partial charge in [0.1, 0.15) is 5.60 Å². The lowest BCUT2D eigenvalue weighted by atomic mass is 10.1. The Bertz CT molecular complexity index is 416. The van der Waals surface area contributed by atoms with Gasteiger partial charge in [0, 0.05) is 17.1 Å². The second-order valence-electron chi connectivity index (χ2n) is 5.04. The van der Waals surface area contributed by atoms with Crippen LogP contribution in [-0.2, 0) is 4.74 Å².